The molecule has 12 heteroatoms. The first-order valence-corrected chi connectivity index (χ1v) is 13.1. The molecule has 43 heavy (non-hydrogen) atoms. The Morgan fingerprint density at radius 1 is 0.930 bits per heavy atom. The first kappa shape index (κ1) is 28.5. The van der Waals surface area contributed by atoms with Gasteiger partial charge in [0.05, 0.1) is 11.4 Å². The van der Waals surface area contributed by atoms with E-state index in [0.29, 0.717) is 40.3 Å². The van der Waals surface area contributed by atoms with Crippen LogP contribution in [0.3, 0.4) is 0 Å². The third-order valence-corrected chi connectivity index (χ3v) is 6.45. The maximum atomic E-state index is 13.1. The molecule has 3 aromatic carbocycles. The lowest BCUT2D eigenvalue weighted by Gasteiger charge is -2.09. The second kappa shape index (κ2) is 12.7. The maximum absolute atomic E-state index is 13.1. The van der Waals surface area contributed by atoms with Crippen LogP contribution in [0.15, 0.2) is 102 Å². The Hall–Kier alpha value is -6.01. The number of nitrogens with one attached hydrogen (secondary N) is 3. The average molecular weight is 578 g/mol. The van der Waals surface area contributed by atoms with Crippen molar-refractivity contribution in [2.45, 2.75) is 6.92 Å². The Balaban J connectivity index is 1.23. The van der Waals surface area contributed by atoms with Gasteiger partial charge in [-0.1, -0.05) is 30.3 Å². The molecule has 4 N–H and O–H groups in total. The van der Waals surface area contributed by atoms with Crippen LogP contribution >= 0.6 is 0 Å². The van der Waals surface area contributed by atoms with Crippen molar-refractivity contribution in [2.24, 2.45) is 7.05 Å². The molecule has 0 aliphatic carbocycles. The number of ether oxygens (including phenoxy) is 1. The minimum Gasteiger partial charge on any atom is -0.439 e. The number of carbonyl (C=O) groups is 2. The molecule has 12 nitrogen and oxygen atoms in total. The van der Waals surface area contributed by atoms with Crippen LogP contribution in [0, 0.1) is 6.92 Å². The van der Waals surface area contributed by atoms with Crippen molar-refractivity contribution in [1.82, 2.24) is 24.8 Å². The van der Waals surface area contributed by atoms with Crippen LogP contribution in [0.4, 0.5) is 17.3 Å². The van der Waals surface area contributed by atoms with Crippen molar-refractivity contribution < 1.29 is 19.5 Å². The van der Waals surface area contributed by atoms with Crippen LogP contribution in [0.5, 0.6) is 11.6 Å². The van der Waals surface area contributed by atoms with Gasteiger partial charge in [0, 0.05) is 36.8 Å². The Bertz CT molecular complexity index is 1840. The molecule has 2 heterocycles. The minimum atomic E-state index is -0.622. The van der Waals surface area contributed by atoms with Crippen molar-refractivity contribution in [3.63, 3.8) is 0 Å². The van der Waals surface area contributed by atoms with E-state index in [2.05, 4.69) is 20.6 Å². The van der Waals surface area contributed by atoms with Gasteiger partial charge in [-0.15, -0.1) is 0 Å². The molecule has 216 valence electrons. The summed E-state index contributed by atoms with van der Waals surface area (Å²) in [4.78, 5) is 45.9. The summed E-state index contributed by atoms with van der Waals surface area (Å²) in [6.07, 6.45) is 4.32. The zero-order chi connectivity index (χ0) is 30.3. The number of hydroxylamine groups is 1. The quantitative estimate of drug-likeness (QED) is 0.113. The zero-order valence-corrected chi connectivity index (χ0v) is 23.2. The molecule has 5 rings (SSSR count). The fraction of sp³-hybridized carbons (Fsp3) is 0.0645. The predicted molar refractivity (Wildman–Crippen MR) is 161 cm³/mol. The number of nitrogens with zero attached hydrogens (tertiary/aromatic N) is 4. The van der Waals surface area contributed by atoms with Gasteiger partial charge in [-0.25, -0.2) is 15.1 Å². The van der Waals surface area contributed by atoms with Crippen LogP contribution < -0.4 is 26.4 Å². The highest BCUT2D eigenvalue weighted by molar-refractivity contribution is 6.05. The smallest absolute Gasteiger partial charge is 0.284 e. The molecule has 0 saturated carbocycles. The molecule has 0 aliphatic rings. The maximum Gasteiger partial charge on any atom is 0.284 e. The van der Waals surface area contributed by atoms with Crippen LogP contribution in [-0.4, -0.2) is 36.4 Å². The van der Waals surface area contributed by atoms with Gasteiger partial charge < -0.3 is 15.4 Å². The largest absolute Gasteiger partial charge is 0.439 e. The molecule has 0 radical (unpaired) electrons. The van der Waals surface area contributed by atoms with Crippen molar-refractivity contribution >= 4 is 35.2 Å². The summed E-state index contributed by atoms with van der Waals surface area (Å²) in [5.74, 6) is -0.0432. The van der Waals surface area contributed by atoms with E-state index in [1.54, 1.807) is 97.7 Å². The Kier molecular flexibility index (Phi) is 8.40. The highest BCUT2D eigenvalue weighted by Gasteiger charge is 2.22. The number of hydrogen-bond donors (Lipinski definition) is 4. The van der Waals surface area contributed by atoms with E-state index in [4.69, 9.17) is 9.94 Å². The molecule has 2 amide bonds. The number of benzene rings is 3. The van der Waals surface area contributed by atoms with Crippen LogP contribution in [0.2, 0.25) is 0 Å². The lowest BCUT2D eigenvalue weighted by Crippen LogP contribution is -2.25. The number of hydrogen-bond acceptors (Lipinski definition) is 8. The van der Waals surface area contributed by atoms with E-state index >= 15 is 0 Å². The van der Waals surface area contributed by atoms with E-state index < -0.39 is 17.4 Å². The van der Waals surface area contributed by atoms with Gasteiger partial charge in [-0.05, 0) is 67.1 Å². The summed E-state index contributed by atoms with van der Waals surface area (Å²) in [6.45, 7) is 1.73. The third-order valence-electron chi connectivity index (χ3n) is 6.45. The molecule has 0 bridgehead atoms. The number of anilines is 3. The first-order chi connectivity index (χ1) is 20.8. The fourth-order valence-electron chi connectivity index (χ4n) is 4.23. The summed E-state index contributed by atoms with van der Waals surface area (Å²) in [7, 11) is 1.73. The van der Waals surface area contributed by atoms with Gasteiger partial charge in [0.15, 0.2) is 0 Å². The number of carbonyl (C=O) groups excluding carboxylic acids is 2. The zero-order valence-electron chi connectivity index (χ0n) is 23.2. The lowest BCUT2D eigenvalue weighted by molar-refractivity contribution is -0.124. The fourth-order valence-corrected chi connectivity index (χ4v) is 4.23. The topological polar surface area (TPSA) is 152 Å². The Morgan fingerprint density at radius 2 is 1.63 bits per heavy atom. The predicted octanol–water partition coefficient (Wildman–Crippen LogP) is 4.58. The molecule has 0 fully saturated rings. The minimum absolute atomic E-state index is 0.0629. The molecule has 0 saturated heterocycles. The van der Waals surface area contributed by atoms with E-state index in [9.17, 15) is 14.4 Å². The Labute approximate surface area is 245 Å². The molecule has 2 aromatic heterocycles. The van der Waals surface area contributed by atoms with E-state index in [1.165, 1.54) is 16.2 Å². The molecular formula is C31H27N7O5. The SMILES string of the molecule is Cc1c(C(=O)Nc2ccc(Oc3ccnc(Nc4ccc(/C=C/C(=O)NO)cc4)n3)cc2)c(=O)n(-c2ccccc2)n1C. The standard InChI is InChI=1S/C31H27N7O5/c1-20-28(30(41)38(37(20)2)24-6-4-3-5-7-24)29(40)33-22-13-15-25(16-14-22)43-27-18-19-32-31(35-27)34-23-11-8-21(9-12-23)10-17-26(39)36-42/h3-19,42H,1-2H3,(H,33,40)(H,36,39)(H,32,34,35)/b17-10+. The van der Waals surface area contributed by atoms with Gasteiger partial charge in [-0.2, -0.15) is 4.98 Å². The van der Waals surface area contributed by atoms with E-state index in [1.807, 2.05) is 18.2 Å². The van der Waals surface area contributed by atoms with Gasteiger partial charge in [0.25, 0.3) is 17.4 Å². The van der Waals surface area contributed by atoms with Gasteiger partial charge in [0.1, 0.15) is 11.3 Å². The molecular weight excluding hydrogens is 550 g/mol. The highest BCUT2D eigenvalue weighted by Crippen LogP contribution is 2.23. The highest BCUT2D eigenvalue weighted by atomic mass is 16.5. The van der Waals surface area contributed by atoms with Gasteiger partial charge >= 0.3 is 0 Å². The molecule has 0 spiro atoms. The van der Waals surface area contributed by atoms with Crippen LogP contribution in [0.25, 0.3) is 11.8 Å². The van der Waals surface area contributed by atoms with E-state index in [-0.39, 0.29) is 5.56 Å². The second-order valence-electron chi connectivity index (χ2n) is 9.29. The molecule has 0 aliphatic heterocycles. The molecule has 0 unspecified atom stereocenters. The lowest BCUT2D eigenvalue weighted by atomic mass is 10.2. The first-order valence-electron chi connectivity index (χ1n) is 13.1. The number of para-hydroxylation sites is 1. The molecule has 0 atom stereocenters. The number of amides is 2. The number of rotatable bonds is 9. The second-order valence-corrected chi connectivity index (χ2v) is 9.29. The van der Waals surface area contributed by atoms with Crippen LogP contribution in [-0.2, 0) is 11.8 Å². The average Bonchev–Trinajstić information content (AvgIpc) is 3.25. The summed E-state index contributed by atoms with van der Waals surface area (Å²) in [5, 5.41) is 14.4. The van der Waals surface area contributed by atoms with Crippen molar-refractivity contribution in [1.29, 1.82) is 0 Å². The van der Waals surface area contributed by atoms with Crippen molar-refractivity contribution in [3.8, 4) is 17.3 Å². The van der Waals surface area contributed by atoms with Crippen molar-refractivity contribution in [3.05, 3.63) is 124 Å². The summed E-state index contributed by atoms with van der Waals surface area (Å²) in [6, 6.07) is 24.6. The van der Waals surface area contributed by atoms with Crippen LogP contribution in [0.1, 0.15) is 21.6 Å². The van der Waals surface area contributed by atoms with Crippen molar-refractivity contribution in [2.75, 3.05) is 10.6 Å². The summed E-state index contributed by atoms with van der Waals surface area (Å²) in [5.41, 5.74) is 4.36. The van der Waals surface area contributed by atoms with Gasteiger partial charge in [0.2, 0.25) is 11.8 Å². The number of aromatic nitrogens is 4. The Morgan fingerprint density at radius 3 is 2.33 bits per heavy atom. The summed E-state index contributed by atoms with van der Waals surface area (Å²) >= 11 is 0. The van der Waals surface area contributed by atoms with E-state index in [0.717, 1.165) is 5.56 Å². The summed E-state index contributed by atoms with van der Waals surface area (Å²) < 4.78 is 8.98. The monoisotopic (exact) mass is 577 g/mol. The third kappa shape index (κ3) is 6.66. The van der Waals surface area contributed by atoms with Gasteiger partial charge in [-0.3, -0.25) is 24.3 Å². The normalized spacial score (nSPS) is 10.9. The molecule has 5 aromatic rings.